The predicted octanol–water partition coefficient (Wildman–Crippen LogP) is 2.85. The number of hydrogen-bond donors (Lipinski definition) is 2. The van der Waals surface area contributed by atoms with E-state index in [1.54, 1.807) is 6.33 Å². The van der Waals surface area contributed by atoms with Crippen molar-refractivity contribution in [2.75, 3.05) is 5.73 Å². The number of aryl methyl sites for hydroxylation is 1. The van der Waals surface area contributed by atoms with Gasteiger partial charge in [0.25, 0.3) is 0 Å². The van der Waals surface area contributed by atoms with Crippen molar-refractivity contribution in [3.8, 4) is 0 Å². The van der Waals surface area contributed by atoms with Gasteiger partial charge in [-0.3, -0.25) is 0 Å². The van der Waals surface area contributed by atoms with Gasteiger partial charge in [0.15, 0.2) is 0 Å². The molecule has 2 aromatic rings. The fourth-order valence-electron chi connectivity index (χ4n) is 2.55. The Morgan fingerprint density at radius 2 is 2.28 bits per heavy atom. The van der Waals surface area contributed by atoms with E-state index < -0.39 is 0 Å². The number of hydrogen-bond acceptors (Lipinski definition) is 2. The second kappa shape index (κ2) is 4.33. The fourth-order valence-corrected chi connectivity index (χ4v) is 2.55. The quantitative estimate of drug-likeness (QED) is 0.792. The van der Waals surface area contributed by atoms with Crippen LogP contribution in [-0.4, -0.2) is 9.97 Å². The predicted molar refractivity (Wildman–Crippen MR) is 74.3 cm³/mol. The monoisotopic (exact) mass is 239 g/mol. The molecule has 92 valence electrons. The van der Waals surface area contributed by atoms with Gasteiger partial charge in [-0.2, -0.15) is 0 Å². The third kappa shape index (κ3) is 1.82. The largest absolute Gasteiger partial charge is 0.398 e. The van der Waals surface area contributed by atoms with Crippen LogP contribution in [0.2, 0.25) is 0 Å². The Hall–Kier alpha value is -2.03. The minimum absolute atomic E-state index is 0.863. The zero-order valence-corrected chi connectivity index (χ0v) is 10.5. The van der Waals surface area contributed by atoms with Gasteiger partial charge in [-0.15, -0.1) is 0 Å². The van der Waals surface area contributed by atoms with Crippen LogP contribution in [0, 0.1) is 6.92 Å². The lowest BCUT2D eigenvalue weighted by molar-refractivity contribution is 0.972. The number of anilines is 1. The zero-order valence-electron chi connectivity index (χ0n) is 10.5. The van der Waals surface area contributed by atoms with Crippen molar-refractivity contribution in [1.29, 1.82) is 0 Å². The molecule has 1 aromatic carbocycles. The first-order valence-corrected chi connectivity index (χ1v) is 6.31. The van der Waals surface area contributed by atoms with Crippen LogP contribution >= 0.6 is 0 Å². The third-order valence-corrected chi connectivity index (χ3v) is 3.62. The van der Waals surface area contributed by atoms with E-state index in [4.69, 9.17) is 5.73 Å². The Kier molecular flexibility index (Phi) is 2.67. The highest BCUT2D eigenvalue weighted by molar-refractivity contribution is 5.68. The van der Waals surface area contributed by atoms with Crippen LogP contribution in [0.3, 0.4) is 0 Å². The van der Waals surface area contributed by atoms with Gasteiger partial charge in [0.2, 0.25) is 0 Å². The zero-order chi connectivity index (χ0) is 12.5. The summed E-state index contributed by atoms with van der Waals surface area (Å²) in [6, 6.07) is 4.15. The number of aromatic amines is 1. The van der Waals surface area contributed by atoms with Crippen molar-refractivity contribution in [2.45, 2.75) is 26.2 Å². The molecule has 1 heterocycles. The molecule has 0 spiro atoms. The Morgan fingerprint density at radius 3 is 3.06 bits per heavy atom. The number of nitrogen functional groups attached to an aromatic ring is 1. The van der Waals surface area contributed by atoms with E-state index in [-0.39, 0.29) is 0 Å². The van der Waals surface area contributed by atoms with E-state index in [0.29, 0.717) is 0 Å². The van der Waals surface area contributed by atoms with Crippen molar-refractivity contribution < 1.29 is 0 Å². The Labute approximate surface area is 107 Å². The number of imidazole rings is 1. The van der Waals surface area contributed by atoms with E-state index in [1.807, 2.05) is 6.07 Å². The average Bonchev–Trinajstić information content (AvgIpc) is 2.79. The van der Waals surface area contributed by atoms with Crippen LogP contribution < -0.4 is 5.73 Å². The highest BCUT2D eigenvalue weighted by Gasteiger charge is 2.13. The normalized spacial score (nSPS) is 13.6. The van der Waals surface area contributed by atoms with Crippen molar-refractivity contribution in [3.63, 3.8) is 0 Å². The van der Waals surface area contributed by atoms with Crippen molar-refractivity contribution in [1.82, 2.24) is 9.97 Å². The molecule has 0 amide bonds. The van der Waals surface area contributed by atoms with Gasteiger partial charge in [0, 0.05) is 17.8 Å². The van der Waals surface area contributed by atoms with Crippen molar-refractivity contribution >= 4 is 11.8 Å². The minimum Gasteiger partial charge on any atom is -0.398 e. The summed E-state index contributed by atoms with van der Waals surface area (Å²) in [5, 5.41) is 0. The maximum atomic E-state index is 6.06. The molecule has 3 heteroatoms. The summed E-state index contributed by atoms with van der Waals surface area (Å²) in [6.45, 7) is 2.06. The molecule has 0 saturated carbocycles. The van der Waals surface area contributed by atoms with Gasteiger partial charge >= 0.3 is 0 Å². The van der Waals surface area contributed by atoms with Gasteiger partial charge in [-0.05, 0) is 42.5 Å². The number of nitrogens with two attached hydrogens (primary N) is 1. The Balaban J connectivity index is 2.04. The molecule has 1 aliphatic rings. The molecule has 3 N–H and O–H groups in total. The first-order valence-electron chi connectivity index (χ1n) is 6.31. The van der Waals surface area contributed by atoms with E-state index in [9.17, 15) is 0 Å². The second-order valence-corrected chi connectivity index (χ2v) is 4.80. The Bertz CT molecular complexity index is 608. The molecule has 0 aliphatic heterocycles. The highest BCUT2D eigenvalue weighted by atomic mass is 14.9. The van der Waals surface area contributed by atoms with Gasteiger partial charge in [-0.25, -0.2) is 4.98 Å². The van der Waals surface area contributed by atoms with Crippen LogP contribution in [0.4, 0.5) is 5.69 Å². The van der Waals surface area contributed by atoms with Gasteiger partial charge in [0.1, 0.15) is 0 Å². The highest BCUT2D eigenvalue weighted by Crippen LogP contribution is 2.29. The molecule has 0 atom stereocenters. The molecular weight excluding hydrogens is 222 g/mol. The third-order valence-electron chi connectivity index (χ3n) is 3.62. The molecule has 1 aromatic heterocycles. The van der Waals surface area contributed by atoms with E-state index >= 15 is 0 Å². The number of benzene rings is 1. The SMILES string of the molecule is Cc1[nH]cnc1Cc1ccc(N)c2c1C=CCC2. The molecule has 0 radical (unpaired) electrons. The summed E-state index contributed by atoms with van der Waals surface area (Å²) in [4.78, 5) is 7.50. The molecule has 18 heavy (non-hydrogen) atoms. The lowest BCUT2D eigenvalue weighted by Gasteiger charge is -2.17. The number of fused-ring (bicyclic) bond motifs is 1. The summed E-state index contributed by atoms with van der Waals surface area (Å²) < 4.78 is 0. The van der Waals surface area contributed by atoms with Crippen molar-refractivity contribution in [2.24, 2.45) is 0 Å². The Morgan fingerprint density at radius 1 is 1.39 bits per heavy atom. The molecule has 0 bridgehead atoms. The van der Waals surface area contributed by atoms with Crippen LogP contribution in [0.15, 0.2) is 24.5 Å². The number of allylic oxidation sites excluding steroid dienone is 1. The first-order chi connectivity index (χ1) is 8.75. The molecule has 3 nitrogen and oxygen atoms in total. The topological polar surface area (TPSA) is 54.7 Å². The van der Waals surface area contributed by atoms with Crippen LogP contribution in [0.1, 0.15) is 34.5 Å². The maximum absolute atomic E-state index is 6.06. The fraction of sp³-hybridized carbons (Fsp3) is 0.267. The summed E-state index contributed by atoms with van der Waals surface area (Å²) >= 11 is 0. The average molecular weight is 239 g/mol. The standard InChI is InChI=1S/C15H17N3/c1-10-15(18-9-17-10)8-11-6-7-14(16)13-5-3-2-4-12(11)13/h2,4,6-7,9H,3,5,8,16H2,1H3,(H,17,18). The van der Waals surface area contributed by atoms with Gasteiger partial charge in [0.05, 0.1) is 12.0 Å². The lowest BCUT2D eigenvalue weighted by atomic mass is 9.90. The summed E-state index contributed by atoms with van der Waals surface area (Å²) in [6.07, 6.45) is 9.18. The number of rotatable bonds is 2. The number of nitrogens with one attached hydrogen (secondary N) is 1. The molecular formula is C15H17N3. The summed E-state index contributed by atoms with van der Waals surface area (Å²) in [5.41, 5.74) is 13.1. The summed E-state index contributed by atoms with van der Waals surface area (Å²) in [7, 11) is 0. The molecule has 0 unspecified atom stereocenters. The molecule has 0 fully saturated rings. The van der Waals surface area contributed by atoms with E-state index in [0.717, 1.165) is 36.3 Å². The van der Waals surface area contributed by atoms with E-state index in [1.165, 1.54) is 16.7 Å². The number of nitrogens with zero attached hydrogens (tertiary/aromatic N) is 1. The molecule has 1 aliphatic carbocycles. The van der Waals surface area contributed by atoms with Gasteiger partial charge < -0.3 is 10.7 Å². The first kappa shape index (κ1) is 11.1. The summed E-state index contributed by atoms with van der Waals surface area (Å²) in [5.74, 6) is 0. The minimum atomic E-state index is 0.863. The number of aromatic nitrogens is 2. The van der Waals surface area contributed by atoms with Crippen molar-refractivity contribution in [3.05, 3.63) is 52.6 Å². The van der Waals surface area contributed by atoms with Gasteiger partial charge in [-0.1, -0.05) is 18.2 Å². The maximum Gasteiger partial charge on any atom is 0.0925 e. The van der Waals surface area contributed by atoms with Crippen LogP contribution in [-0.2, 0) is 12.8 Å². The van der Waals surface area contributed by atoms with E-state index in [2.05, 4.69) is 35.1 Å². The molecule has 3 rings (SSSR count). The lowest BCUT2D eigenvalue weighted by Crippen LogP contribution is -2.05. The molecule has 0 saturated heterocycles. The smallest absolute Gasteiger partial charge is 0.0925 e. The number of H-pyrrole nitrogens is 1. The van der Waals surface area contributed by atoms with Crippen LogP contribution in [0.25, 0.3) is 6.08 Å². The van der Waals surface area contributed by atoms with Crippen LogP contribution in [0.5, 0.6) is 0 Å². The second-order valence-electron chi connectivity index (χ2n) is 4.80.